The van der Waals surface area contributed by atoms with Gasteiger partial charge in [-0.15, -0.1) is 10.2 Å². The maximum absolute atomic E-state index is 11.8. The molecule has 2 N–H and O–H groups in total. The topological polar surface area (TPSA) is 75.1 Å². The lowest BCUT2D eigenvalue weighted by molar-refractivity contribution is -0.146. The van der Waals surface area contributed by atoms with Crippen LogP contribution in [0.3, 0.4) is 0 Å². The fraction of sp³-hybridized carbons (Fsp3) is 0.769. The fourth-order valence-electron chi connectivity index (χ4n) is 2.73. The van der Waals surface area contributed by atoms with Gasteiger partial charge < -0.3 is 5.11 Å². The molecule has 0 radical (unpaired) electrons. The molecular formula is C13H21N3O2S3. The number of thioether (sulfide) groups is 2. The first-order chi connectivity index (χ1) is 9.95. The molecule has 21 heavy (non-hydrogen) atoms. The summed E-state index contributed by atoms with van der Waals surface area (Å²) in [7, 11) is 0. The van der Waals surface area contributed by atoms with Crippen LogP contribution in [0.5, 0.6) is 0 Å². The Balaban J connectivity index is 2.06. The zero-order chi connectivity index (χ0) is 15.5. The van der Waals surface area contributed by atoms with Crippen molar-refractivity contribution < 1.29 is 9.90 Å². The molecule has 0 saturated heterocycles. The van der Waals surface area contributed by atoms with E-state index in [4.69, 9.17) is 0 Å². The van der Waals surface area contributed by atoms with Crippen molar-refractivity contribution in [2.75, 3.05) is 6.26 Å². The molecule has 118 valence electrons. The predicted molar refractivity (Wildman–Crippen MR) is 88.4 cm³/mol. The third-order valence-electron chi connectivity index (χ3n) is 3.51. The summed E-state index contributed by atoms with van der Waals surface area (Å²) in [5, 5.41) is 21.5. The largest absolute Gasteiger partial charge is 0.480 e. The van der Waals surface area contributed by atoms with E-state index in [0.717, 1.165) is 21.5 Å². The van der Waals surface area contributed by atoms with E-state index in [1.54, 1.807) is 34.9 Å². The number of aliphatic carboxylic acids is 1. The van der Waals surface area contributed by atoms with Gasteiger partial charge in [-0.05, 0) is 45.8 Å². The number of hydrogen-bond donors (Lipinski definition) is 2. The minimum atomic E-state index is -0.795. The quantitative estimate of drug-likeness (QED) is 0.766. The van der Waals surface area contributed by atoms with Gasteiger partial charge in [-0.2, -0.15) is 0 Å². The first-order valence-corrected chi connectivity index (χ1v) is 9.92. The van der Waals surface area contributed by atoms with Crippen LogP contribution in [0.4, 0.5) is 0 Å². The minimum absolute atomic E-state index is 0.162. The summed E-state index contributed by atoms with van der Waals surface area (Å²) in [6.45, 7) is 3.99. The fourth-order valence-corrected chi connectivity index (χ4v) is 5.76. The van der Waals surface area contributed by atoms with Crippen molar-refractivity contribution in [2.24, 2.45) is 0 Å². The molecule has 2 atom stereocenters. The Hall–Kier alpha value is -0.310. The maximum atomic E-state index is 11.8. The lowest BCUT2D eigenvalue weighted by Crippen LogP contribution is -2.57. The van der Waals surface area contributed by atoms with Gasteiger partial charge in [-0.1, -0.05) is 34.9 Å². The Kier molecular flexibility index (Phi) is 5.93. The van der Waals surface area contributed by atoms with Crippen molar-refractivity contribution in [1.29, 1.82) is 0 Å². The molecule has 0 bridgehead atoms. The van der Waals surface area contributed by atoms with Gasteiger partial charge >= 0.3 is 5.97 Å². The van der Waals surface area contributed by atoms with E-state index < -0.39 is 11.5 Å². The zero-order valence-electron chi connectivity index (χ0n) is 12.5. The number of nitrogens with one attached hydrogen (secondary N) is 1. The van der Waals surface area contributed by atoms with Crippen LogP contribution >= 0.6 is 34.9 Å². The minimum Gasteiger partial charge on any atom is -0.480 e. The molecule has 1 aromatic heterocycles. The highest BCUT2D eigenvalue weighted by atomic mass is 32.2. The molecule has 1 aliphatic rings. The van der Waals surface area contributed by atoms with Crippen molar-refractivity contribution in [3.05, 3.63) is 0 Å². The highest BCUT2D eigenvalue weighted by Crippen LogP contribution is 2.40. The van der Waals surface area contributed by atoms with Crippen molar-refractivity contribution in [1.82, 2.24) is 15.5 Å². The summed E-state index contributed by atoms with van der Waals surface area (Å²) in [5.74, 6) is -0.733. The Morgan fingerprint density at radius 1 is 1.48 bits per heavy atom. The smallest absolute Gasteiger partial charge is 0.323 e. The van der Waals surface area contributed by atoms with Crippen molar-refractivity contribution in [2.45, 2.75) is 65.0 Å². The molecule has 1 saturated carbocycles. The molecule has 1 heterocycles. The number of rotatable bonds is 6. The van der Waals surface area contributed by atoms with Gasteiger partial charge in [-0.25, -0.2) is 0 Å². The molecule has 0 aromatic carbocycles. The molecule has 8 heteroatoms. The molecule has 1 fully saturated rings. The van der Waals surface area contributed by atoms with Crippen LogP contribution in [-0.2, 0) is 4.79 Å². The number of aromatic nitrogens is 2. The van der Waals surface area contributed by atoms with E-state index in [-0.39, 0.29) is 11.3 Å². The third kappa shape index (κ3) is 4.34. The Bertz CT molecular complexity index is 495. The highest BCUT2D eigenvalue weighted by molar-refractivity contribution is 8.03. The van der Waals surface area contributed by atoms with Crippen LogP contribution < -0.4 is 5.32 Å². The van der Waals surface area contributed by atoms with Gasteiger partial charge in [0.1, 0.15) is 5.54 Å². The van der Waals surface area contributed by atoms with Gasteiger partial charge in [0.2, 0.25) is 0 Å². The van der Waals surface area contributed by atoms with Gasteiger partial charge in [0.05, 0.1) is 0 Å². The molecule has 0 spiro atoms. The second-order valence-corrected chi connectivity index (χ2v) is 9.14. The second-order valence-electron chi connectivity index (χ2n) is 5.56. The Labute approximate surface area is 137 Å². The molecule has 2 rings (SSSR count). The van der Waals surface area contributed by atoms with Crippen LogP contribution in [0.25, 0.3) is 0 Å². The molecule has 0 aliphatic heterocycles. The lowest BCUT2D eigenvalue weighted by Gasteiger charge is -2.39. The summed E-state index contributed by atoms with van der Waals surface area (Å²) in [4.78, 5) is 11.8. The average molecular weight is 348 g/mol. The van der Waals surface area contributed by atoms with Crippen molar-refractivity contribution >= 4 is 40.8 Å². The number of carboxylic acids is 1. The van der Waals surface area contributed by atoms with E-state index in [1.807, 2.05) is 20.1 Å². The van der Waals surface area contributed by atoms with Crippen LogP contribution in [0.15, 0.2) is 8.68 Å². The van der Waals surface area contributed by atoms with E-state index in [9.17, 15) is 9.90 Å². The molecule has 1 aromatic rings. The molecule has 5 nitrogen and oxygen atoms in total. The molecule has 2 unspecified atom stereocenters. The molecule has 1 aliphatic carbocycles. The van der Waals surface area contributed by atoms with Gasteiger partial charge in [-0.3, -0.25) is 10.1 Å². The summed E-state index contributed by atoms with van der Waals surface area (Å²) in [6, 6.07) is 0.162. The lowest BCUT2D eigenvalue weighted by atomic mass is 9.81. The van der Waals surface area contributed by atoms with Gasteiger partial charge in [0, 0.05) is 11.3 Å². The van der Waals surface area contributed by atoms with Gasteiger partial charge in [0.15, 0.2) is 8.68 Å². The summed E-state index contributed by atoms with van der Waals surface area (Å²) in [5.41, 5.74) is -0.795. The van der Waals surface area contributed by atoms with E-state index >= 15 is 0 Å². The van der Waals surface area contributed by atoms with Crippen LogP contribution in [0.2, 0.25) is 0 Å². The van der Waals surface area contributed by atoms with Crippen LogP contribution in [0, 0.1) is 0 Å². The highest BCUT2D eigenvalue weighted by Gasteiger charge is 2.43. The van der Waals surface area contributed by atoms with Crippen molar-refractivity contribution in [3.8, 4) is 0 Å². The zero-order valence-corrected chi connectivity index (χ0v) is 14.9. The standard InChI is InChI=1S/C13H21N3O2S3/c1-8(2)14-13(10(17)18)6-4-5-9(7-13)20-12-16-15-11(19-3)21-12/h8-9,14H,4-7H2,1-3H3,(H,17,18). The van der Waals surface area contributed by atoms with Crippen LogP contribution in [0.1, 0.15) is 39.5 Å². The van der Waals surface area contributed by atoms with E-state index in [2.05, 4.69) is 15.5 Å². The van der Waals surface area contributed by atoms with Gasteiger partial charge in [0.25, 0.3) is 0 Å². The Morgan fingerprint density at radius 3 is 2.76 bits per heavy atom. The number of hydrogen-bond acceptors (Lipinski definition) is 7. The normalized spacial score (nSPS) is 26.2. The van der Waals surface area contributed by atoms with Crippen molar-refractivity contribution in [3.63, 3.8) is 0 Å². The van der Waals surface area contributed by atoms with E-state index in [1.165, 1.54) is 0 Å². The number of nitrogens with zero attached hydrogens (tertiary/aromatic N) is 2. The maximum Gasteiger partial charge on any atom is 0.323 e. The summed E-state index contributed by atoms with van der Waals surface area (Å²) in [6.07, 6.45) is 5.28. The first kappa shape index (κ1) is 17.1. The Morgan fingerprint density at radius 2 is 2.19 bits per heavy atom. The summed E-state index contributed by atoms with van der Waals surface area (Å²) < 4.78 is 1.90. The average Bonchev–Trinajstić information content (AvgIpc) is 2.85. The molecule has 0 amide bonds. The monoisotopic (exact) mass is 347 g/mol. The first-order valence-electron chi connectivity index (χ1n) is 7.00. The number of carbonyl (C=O) groups is 1. The molecular weight excluding hydrogens is 326 g/mol. The predicted octanol–water partition coefficient (Wildman–Crippen LogP) is 3.12. The SMILES string of the molecule is CSc1nnc(SC2CCCC(NC(C)C)(C(=O)O)C2)s1. The van der Waals surface area contributed by atoms with E-state index in [0.29, 0.717) is 12.8 Å². The number of carboxylic acid groups (broad SMARTS) is 1. The van der Waals surface area contributed by atoms with Crippen LogP contribution in [-0.4, -0.2) is 44.4 Å². The third-order valence-corrected chi connectivity index (χ3v) is 6.76. The second kappa shape index (κ2) is 7.30. The summed E-state index contributed by atoms with van der Waals surface area (Å²) >= 11 is 4.85.